The third kappa shape index (κ3) is 3.45. The molecule has 5 nitrogen and oxygen atoms in total. The summed E-state index contributed by atoms with van der Waals surface area (Å²) < 4.78 is 4.55. The Kier molecular flexibility index (Phi) is 4.66. The molecule has 0 aliphatic carbocycles. The van der Waals surface area contributed by atoms with E-state index in [1.54, 1.807) is 18.2 Å². The largest absolute Gasteiger partial charge is 0.468 e. The van der Waals surface area contributed by atoms with Crippen LogP contribution in [0, 0.1) is 0 Å². The summed E-state index contributed by atoms with van der Waals surface area (Å²) >= 11 is 0. The highest BCUT2D eigenvalue weighted by Crippen LogP contribution is 2.32. The van der Waals surface area contributed by atoms with Crippen LogP contribution in [0.15, 0.2) is 60.7 Å². The van der Waals surface area contributed by atoms with Crippen LogP contribution in [0.25, 0.3) is 21.9 Å². The SMILES string of the molecule is COC(=O)CNC(=O)c1ccc(N)cc1-c1cccc2ccccc12. The molecule has 0 fully saturated rings. The number of ether oxygens (including phenoxy) is 1. The van der Waals surface area contributed by atoms with Gasteiger partial charge in [-0.3, -0.25) is 9.59 Å². The molecule has 3 aromatic rings. The summed E-state index contributed by atoms with van der Waals surface area (Å²) in [6.07, 6.45) is 0. The van der Waals surface area contributed by atoms with Crippen LogP contribution in [-0.4, -0.2) is 25.5 Å². The Bertz CT molecular complexity index is 945. The van der Waals surface area contributed by atoms with Crippen LogP contribution in [0.3, 0.4) is 0 Å². The Balaban J connectivity index is 2.08. The minimum absolute atomic E-state index is 0.186. The van der Waals surface area contributed by atoms with E-state index in [-0.39, 0.29) is 12.5 Å². The lowest BCUT2D eigenvalue weighted by atomic mass is 9.94. The zero-order valence-electron chi connectivity index (χ0n) is 13.8. The summed E-state index contributed by atoms with van der Waals surface area (Å²) in [4.78, 5) is 23.8. The molecule has 25 heavy (non-hydrogen) atoms. The number of benzene rings is 3. The number of carbonyl (C=O) groups is 2. The van der Waals surface area contributed by atoms with Gasteiger partial charge >= 0.3 is 5.97 Å². The van der Waals surface area contributed by atoms with Gasteiger partial charge in [-0.15, -0.1) is 0 Å². The number of rotatable bonds is 4. The van der Waals surface area contributed by atoms with Gasteiger partial charge in [0.1, 0.15) is 6.54 Å². The lowest BCUT2D eigenvalue weighted by Crippen LogP contribution is -2.30. The summed E-state index contributed by atoms with van der Waals surface area (Å²) in [6, 6.07) is 19.0. The van der Waals surface area contributed by atoms with Crippen LogP contribution in [0.5, 0.6) is 0 Å². The van der Waals surface area contributed by atoms with Crippen molar-refractivity contribution in [1.29, 1.82) is 0 Å². The first-order valence-electron chi connectivity index (χ1n) is 7.83. The number of hydrogen-bond acceptors (Lipinski definition) is 4. The van der Waals surface area contributed by atoms with Crippen LogP contribution in [0.4, 0.5) is 5.69 Å². The maximum absolute atomic E-state index is 12.5. The Hall–Kier alpha value is -3.34. The molecule has 0 radical (unpaired) electrons. The lowest BCUT2D eigenvalue weighted by Gasteiger charge is -2.13. The van der Waals surface area contributed by atoms with Crippen LogP contribution in [-0.2, 0) is 9.53 Å². The average molecular weight is 334 g/mol. The molecule has 0 heterocycles. The van der Waals surface area contributed by atoms with Gasteiger partial charge in [0.15, 0.2) is 0 Å². The maximum Gasteiger partial charge on any atom is 0.325 e. The second-order valence-corrected chi connectivity index (χ2v) is 5.59. The molecule has 0 aliphatic rings. The molecule has 5 heteroatoms. The zero-order chi connectivity index (χ0) is 17.8. The Morgan fingerprint density at radius 1 is 1.00 bits per heavy atom. The normalized spacial score (nSPS) is 10.4. The fourth-order valence-electron chi connectivity index (χ4n) is 2.76. The van der Waals surface area contributed by atoms with E-state index in [9.17, 15) is 9.59 Å². The molecule has 0 spiro atoms. The Morgan fingerprint density at radius 2 is 1.76 bits per heavy atom. The first kappa shape index (κ1) is 16.5. The van der Waals surface area contributed by atoms with E-state index >= 15 is 0 Å². The third-order valence-corrected chi connectivity index (χ3v) is 3.99. The summed E-state index contributed by atoms with van der Waals surface area (Å²) in [5.41, 5.74) is 8.59. The number of nitrogen functional groups attached to an aromatic ring is 1. The van der Waals surface area contributed by atoms with Gasteiger partial charge in [0, 0.05) is 11.3 Å². The van der Waals surface area contributed by atoms with Crippen LogP contribution in [0.1, 0.15) is 10.4 Å². The van der Waals surface area contributed by atoms with Gasteiger partial charge in [0.2, 0.25) is 0 Å². The second kappa shape index (κ2) is 7.05. The van der Waals surface area contributed by atoms with E-state index in [0.29, 0.717) is 11.3 Å². The molecule has 0 bridgehead atoms. The van der Waals surface area contributed by atoms with Crippen molar-refractivity contribution in [2.24, 2.45) is 0 Å². The van der Waals surface area contributed by atoms with Crippen molar-refractivity contribution in [3.63, 3.8) is 0 Å². The average Bonchev–Trinajstić information content (AvgIpc) is 2.65. The lowest BCUT2D eigenvalue weighted by molar-refractivity contribution is -0.139. The minimum atomic E-state index is -0.504. The Labute approximate surface area is 145 Å². The molecule has 0 aromatic heterocycles. The second-order valence-electron chi connectivity index (χ2n) is 5.59. The molecular weight excluding hydrogens is 316 g/mol. The first-order chi connectivity index (χ1) is 12.1. The number of methoxy groups -OCH3 is 1. The molecule has 0 aliphatic heterocycles. The minimum Gasteiger partial charge on any atom is -0.468 e. The van der Waals surface area contributed by atoms with E-state index in [1.165, 1.54) is 7.11 Å². The number of fused-ring (bicyclic) bond motifs is 1. The van der Waals surface area contributed by atoms with Gasteiger partial charge in [-0.1, -0.05) is 42.5 Å². The summed E-state index contributed by atoms with van der Waals surface area (Å²) in [6.45, 7) is -0.186. The van der Waals surface area contributed by atoms with Gasteiger partial charge in [0.25, 0.3) is 5.91 Å². The molecule has 0 unspecified atom stereocenters. The quantitative estimate of drug-likeness (QED) is 0.568. The van der Waals surface area contributed by atoms with Gasteiger partial charge < -0.3 is 15.8 Å². The van der Waals surface area contributed by atoms with Crippen LogP contribution >= 0.6 is 0 Å². The van der Waals surface area contributed by atoms with Crippen LogP contribution < -0.4 is 11.1 Å². The third-order valence-electron chi connectivity index (χ3n) is 3.99. The summed E-state index contributed by atoms with van der Waals surface area (Å²) in [5, 5.41) is 4.67. The van der Waals surface area contributed by atoms with Crippen molar-refractivity contribution >= 4 is 28.3 Å². The molecular formula is C20H18N2O3. The van der Waals surface area contributed by atoms with Crippen molar-refractivity contribution in [2.45, 2.75) is 0 Å². The number of esters is 1. The van der Waals surface area contributed by atoms with E-state index in [1.807, 2.05) is 42.5 Å². The first-order valence-corrected chi connectivity index (χ1v) is 7.83. The molecule has 3 rings (SSSR count). The van der Waals surface area contributed by atoms with E-state index < -0.39 is 5.97 Å². The van der Waals surface area contributed by atoms with E-state index in [4.69, 9.17) is 5.73 Å². The topological polar surface area (TPSA) is 81.4 Å². The van der Waals surface area contributed by atoms with Crippen molar-refractivity contribution < 1.29 is 14.3 Å². The molecule has 3 N–H and O–H groups in total. The summed E-state index contributed by atoms with van der Waals surface area (Å²) in [5.74, 6) is -0.858. The fourth-order valence-corrected chi connectivity index (χ4v) is 2.76. The predicted octanol–water partition coefficient (Wildman–Crippen LogP) is 2.99. The van der Waals surface area contributed by atoms with E-state index in [0.717, 1.165) is 21.9 Å². The number of hydrogen-bond donors (Lipinski definition) is 2. The number of nitrogens with one attached hydrogen (secondary N) is 1. The fraction of sp³-hybridized carbons (Fsp3) is 0.100. The molecule has 3 aromatic carbocycles. The van der Waals surface area contributed by atoms with E-state index in [2.05, 4.69) is 10.1 Å². The Morgan fingerprint density at radius 3 is 2.56 bits per heavy atom. The molecule has 126 valence electrons. The smallest absolute Gasteiger partial charge is 0.325 e. The highest BCUT2D eigenvalue weighted by Gasteiger charge is 2.16. The van der Waals surface area contributed by atoms with Crippen molar-refractivity contribution in [2.75, 3.05) is 19.4 Å². The number of carbonyl (C=O) groups excluding carboxylic acids is 2. The maximum atomic E-state index is 12.5. The van der Waals surface area contributed by atoms with Crippen molar-refractivity contribution in [1.82, 2.24) is 5.32 Å². The molecule has 0 atom stereocenters. The monoisotopic (exact) mass is 334 g/mol. The highest BCUT2D eigenvalue weighted by atomic mass is 16.5. The molecule has 0 saturated carbocycles. The number of anilines is 1. The highest BCUT2D eigenvalue weighted by molar-refractivity contribution is 6.07. The van der Waals surface area contributed by atoms with Crippen molar-refractivity contribution in [3.8, 4) is 11.1 Å². The van der Waals surface area contributed by atoms with Gasteiger partial charge in [0.05, 0.1) is 7.11 Å². The molecule has 1 amide bonds. The van der Waals surface area contributed by atoms with Gasteiger partial charge in [-0.05, 0) is 40.1 Å². The van der Waals surface area contributed by atoms with Crippen LogP contribution in [0.2, 0.25) is 0 Å². The predicted molar refractivity (Wildman–Crippen MR) is 98.1 cm³/mol. The van der Waals surface area contributed by atoms with Gasteiger partial charge in [-0.2, -0.15) is 0 Å². The van der Waals surface area contributed by atoms with Crippen molar-refractivity contribution in [3.05, 3.63) is 66.2 Å². The standard InChI is InChI=1S/C20H18N2O3/c1-25-19(23)12-22-20(24)17-10-9-14(21)11-18(17)16-8-4-6-13-5-2-3-7-15(13)16/h2-11H,12,21H2,1H3,(H,22,24). The van der Waals surface area contributed by atoms with Gasteiger partial charge in [-0.25, -0.2) is 0 Å². The molecule has 0 saturated heterocycles. The number of amides is 1. The number of nitrogens with two attached hydrogens (primary N) is 1. The summed E-state index contributed by atoms with van der Waals surface area (Å²) in [7, 11) is 1.28. The zero-order valence-corrected chi connectivity index (χ0v) is 13.8.